The molecule has 1 heterocycles. The minimum atomic E-state index is -0.277. The maximum absolute atomic E-state index is 12.5. The normalized spacial score (nSPS) is 10.6. The molecule has 3 aromatic rings. The van der Waals surface area contributed by atoms with Crippen LogP contribution >= 0.6 is 0 Å². The second-order valence-corrected chi connectivity index (χ2v) is 5.12. The number of rotatable bonds is 2. The highest BCUT2D eigenvalue weighted by Gasteiger charge is 2.21. The molecule has 0 saturated heterocycles. The summed E-state index contributed by atoms with van der Waals surface area (Å²) in [5.41, 5.74) is 1.43. The summed E-state index contributed by atoms with van der Waals surface area (Å²) < 4.78 is 3.15. The highest BCUT2D eigenvalue weighted by Crippen LogP contribution is 2.13. The molecule has 0 amide bonds. The highest BCUT2D eigenvalue weighted by atomic mass is 16.3. The van der Waals surface area contributed by atoms with Gasteiger partial charge in [0.25, 0.3) is 5.82 Å². The molecule has 0 aliphatic carbocycles. The van der Waals surface area contributed by atoms with Gasteiger partial charge >= 0.3 is 5.56 Å². The molecule has 0 saturated carbocycles. The third kappa shape index (κ3) is 2.19. The van der Waals surface area contributed by atoms with Crippen molar-refractivity contribution in [1.29, 1.82) is 0 Å². The third-order valence-corrected chi connectivity index (χ3v) is 3.72. The van der Waals surface area contributed by atoms with Crippen molar-refractivity contribution in [2.45, 2.75) is 13.8 Å². The number of nitrogens with zero attached hydrogens (tertiary/aromatic N) is 2. The van der Waals surface area contributed by atoms with Gasteiger partial charge in [0.05, 0.1) is 11.4 Å². The van der Waals surface area contributed by atoms with Crippen molar-refractivity contribution in [1.82, 2.24) is 4.57 Å². The van der Waals surface area contributed by atoms with Gasteiger partial charge < -0.3 is 5.11 Å². The van der Waals surface area contributed by atoms with E-state index in [-0.39, 0.29) is 17.0 Å². The van der Waals surface area contributed by atoms with Crippen molar-refractivity contribution in [3.8, 4) is 17.3 Å². The minimum Gasteiger partial charge on any atom is -0.842 e. The molecule has 0 radical (unpaired) electrons. The number of hydrogen-bond acceptors (Lipinski definition) is 2. The van der Waals surface area contributed by atoms with Crippen LogP contribution in [0, 0.1) is 13.8 Å². The standard InChI is InChI=1S/C18H16N2O2/c1-13-17(21)19(15-9-5-3-6-10-15)14(2)20(18(13)22)16-11-7-4-8-12-16/h3-12H,1-2H3. The first-order chi connectivity index (χ1) is 10.6. The highest BCUT2D eigenvalue weighted by molar-refractivity contribution is 5.35. The zero-order valence-corrected chi connectivity index (χ0v) is 12.5. The lowest BCUT2D eigenvalue weighted by molar-refractivity contribution is -0.661. The molecule has 0 atom stereocenters. The summed E-state index contributed by atoms with van der Waals surface area (Å²) in [5, 5.41) is 12.5. The zero-order chi connectivity index (χ0) is 15.7. The van der Waals surface area contributed by atoms with Gasteiger partial charge in [-0.15, -0.1) is 0 Å². The Hall–Kier alpha value is -2.88. The second-order valence-electron chi connectivity index (χ2n) is 5.12. The fourth-order valence-corrected chi connectivity index (χ4v) is 2.58. The van der Waals surface area contributed by atoms with Crippen LogP contribution in [0.5, 0.6) is 5.88 Å². The molecule has 0 aliphatic rings. The van der Waals surface area contributed by atoms with Gasteiger partial charge in [0.15, 0.2) is 0 Å². The Labute approximate surface area is 128 Å². The molecular weight excluding hydrogens is 276 g/mol. The molecule has 0 fully saturated rings. The average Bonchev–Trinajstić information content (AvgIpc) is 2.55. The molecule has 0 spiro atoms. The summed E-state index contributed by atoms with van der Waals surface area (Å²) in [6.45, 7) is 3.35. The molecule has 4 nitrogen and oxygen atoms in total. The molecule has 2 aromatic carbocycles. The molecule has 4 heteroatoms. The maximum Gasteiger partial charge on any atom is 0.344 e. The lowest BCUT2D eigenvalue weighted by atomic mass is 10.2. The Morgan fingerprint density at radius 1 is 0.909 bits per heavy atom. The summed E-state index contributed by atoms with van der Waals surface area (Å²) in [7, 11) is 0. The first-order valence-electron chi connectivity index (χ1n) is 7.07. The molecule has 0 unspecified atom stereocenters. The molecule has 0 bridgehead atoms. The number of para-hydroxylation sites is 2. The van der Waals surface area contributed by atoms with Gasteiger partial charge in [0.2, 0.25) is 0 Å². The number of aromatic nitrogens is 2. The van der Waals surface area contributed by atoms with Crippen molar-refractivity contribution in [2.24, 2.45) is 0 Å². The van der Waals surface area contributed by atoms with E-state index >= 15 is 0 Å². The monoisotopic (exact) mass is 292 g/mol. The molecule has 22 heavy (non-hydrogen) atoms. The molecule has 110 valence electrons. The lowest BCUT2D eigenvalue weighted by Crippen LogP contribution is -2.46. The van der Waals surface area contributed by atoms with Crippen molar-refractivity contribution in [3.05, 3.63) is 82.4 Å². The number of benzene rings is 2. The van der Waals surface area contributed by atoms with Gasteiger partial charge in [-0.25, -0.2) is 9.36 Å². The van der Waals surface area contributed by atoms with E-state index in [9.17, 15) is 9.90 Å². The van der Waals surface area contributed by atoms with E-state index in [0.717, 1.165) is 11.4 Å². The average molecular weight is 292 g/mol. The van der Waals surface area contributed by atoms with E-state index in [1.807, 2.05) is 60.7 Å². The molecule has 0 aliphatic heterocycles. The third-order valence-electron chi connectivity index (χ3n) is 3.72. The summed E-state index contributed by atoms with van der Waals surface area (Å²) >= 11 is 0. The van der Waals surface area contributed by atoms with E-state index in [1.165, 1.54) is 0 Å². The Kier molecular flexibility index (Phi) is 3.51. The van der Waals surface area contributed by atoms with Gasteiger partial charge in [-0.2, -0.15) is 4.57 Å². The van der Waals surface area contributed by atoms with E-state index in [2.05, 4.69) is 0 Å². The summed E-state index contributed by atoms with van der Waals surface area (Å²) in [4.78, 5) is 12.5. The summed E-state index contributed by atoms with van der Waals surface area (Å²) in [5.74, 6) is 0.305. The molecule has 3 rings (SSSR count). The quantitative estimate of drug-likeness (QED) is 0.676. The van der Waals surface area contributed by atoms with Crippen LogP contribution in [-0.4, -0.2) is 4.57 Å². The van der Waals surface area contributed by atoms with E-state index in [4.69, 9.17) is 0 Å². The largest absolute Gasteiger partial charge is 0.842 e. The Balaban J connectivity index is 2.39. The summed E-state index contributed by atoms with van der Waals surface area (Å²) in [6.07, 6.45) is 0. The maximum atomic E-state index is 12.5. The van der Waals surface area contributed by atoms with Crippen LogP contribution in [0.2, 0.25) is 0 Å². The van der Waals surface area contributed by atoms with Gasteiger partial charge in [0.1, 0.15) is 11.4 Å². The molecular formula is C18H16N2O2. The van der Waals surface area contributed by atoms with E-state index in [1.54, 1.807) is 23.0 Å². The minimum absolute atomic E-state index is 0.207. The van der Waals surface area contributed by atoms with Crippen LogP contribution in [-0.2, 0) is 0 Å². The summed E-state index contributed by atoms with van der Waals surface area (Å²) in [6, 6.07) is 18.7. The van der Waals surface area contributed by atoms with Crippen LogP contribution in [0.1, 0.15) is 11.4 Å². The topological polar surface area (TPSA) is 48.9 Å². The van der Waals surface area contributed by atoms with Crippen LogP contribution in [0.4, 0.5) is 0 Å². The van der Waals surface area contributed by atoms with Crippen LogP contribution in [0.25, 0.3) is 11.4 Å². The smallest absolute Gasteiger partial charge is 0.344 e. The fourth-order valence-electron chi connectivity index (χ4n) is 2.58. The van der Waals surface area contributed by atoms with E-state index in [0.29, 0.717) is 5.82 Å². The van der Waals surface area contributed by atoms with Gasteiger partial charge in [-0.3, -0.25) is 0 Å². The van der Waals surface area contributed by atoms with Crippen LogP contribution < -0.4 is 15.2 Å². The van der Waals surface area contributed by atoms with Crippen LogP contribution in [0.3, 0.4) is 0 Å². The van der Waals surface area contributed by atoms with Crippen molar-refractivity contribution in [2.75, 3.05) is 0 Å². The van der Waals surface area contributed by atoms with Crippen LogP contribution in [0.15, 0.2) is 65.5 Å². The first kappa shape index (κ1) is 14.1. The lowest BCUT2D eigenvalue weighted by Gasteiger charge is -2.17. The van der Waals surface area contributed by atoms with Gasteiger partial charge in [-0.1, -0.05) is 36.4 Å². The Morgan fingerprint density at radius 3 is 2.05 bits per heavy atom. The fraction of sp³-hybridized carbons (Fsp3) is 0.111. The van der Waals surface area contributed by atoms with Crippen molar-refractivity contribution in [3.63, 3.8) is 0 Å². The molecule has 1 aromatic heterocycles. The van der Waals surface area contributed by atoms with E-state index < -0.39 is 0 Å². The van der Waals surface area contributed by atoms with Crippen molar-refractivity contribution >= 4 is 0 Å². The van der Waals surface area contributed by atoms with Crippen molar-refractivity contribution < 1.29 is 9.67 Å². The second kappa shape index (κ2) is 5.48. The Morgan fingerprint density at radius 2 is 1.45 bits per heavy atom. The Bertz CT molecular complexity index is 869. The first-order valence-corrected chi connectivity index (χ1v) is 7.07. The van der Waals surface area contributed by atoms with Gasteiger partial charge in [0, 0.05) is 6.92 Å². The SMILES string of the molecule is Cc1c([O-])[n+](-c2ccccc2)c(C)n(-c2ccccc2)c1=O. The number of hydrogen-bond donors (Lipinski definition) is 0. The zero-order valence-electron chi connectivity index (χ0n) is 12.5. The predicted octanol–water partition coefficient (Wildman–Crippen LogP) is 1.80. The molecule has 0 N–H and O–H groups in total. The van der Waals surface area contributed by atoms with Gasteiger partial charge in [-0.05, 0) is 31.2 Å². The predicted molar refractivity (Wildman–Crippen MR) is 82.5 cm³/mol.